The van der Waals surface area contributed by atoms with Crippen LogP contribution in [0.4, 0.5) is 13.2 Å². The first-order chi connectivity index (χ1) is 6.16. The maximum Gasteiger partial charge on any atom is 0.455 e. The number of rotatable bonds is 3. The summed E-state index contributed by atoms with van der Waals surface area (Å²) in [5.41, 5.74) is -0.859. The van der Waals surface area contributed by atoms with Gasteiger partial charge in [-0.05, 0) is 6.92 Å². The Kier molecular flexibility index (Phi) is 3.85. The molecule has 0 aromatic carbocycles. The van der Waals surface area contributed by atoms with E-state index >= 15 is 0 Å². The monoisotopic (exact) mass is 209 g/mol. The number of nitrogens with zero attached hydrogens (tertiary/aromatic N) is 1. The maximum absolute atomic E-state index is 11.9. The van der Waals surface area contributed by atoms with Crippen molar-refractivity contribution >= 4 is 11.6 Å². The van der Waals surface area contributed by atoms with E-state index in [0.717, 1.165) is 13.1 Å². The molecule has 80 valence electrons. The van der Waals surface area contributed by atoms with Gasteiger partial charge in [-0.15, -0.1) is 0 Å². The van der Waals surface area contributed by atoms with Crippen LogP contribution in [0.3, 0.4) is 0 Å². The lowest BCUT2D eigenvalue weighted by atomic mass is 10.1. The quantitative estimate of drug-likeness (QED) is 0.397. The van der Waals surface area contributed by atoms with E-state index in [9.17, 15) is 22.8 Å². The zero-order chi connectivity index (χ0) is 11.5. The number of hydrogen-bond acceptors (Lipinski definition) is 3. The standard InChI is InChI=1S/C8H10F3NO2/c1-5(13)6(4-12(2)3)7(14)8(9,10)11/h4H,1-3H3/b6-4-. The average Bonchev–Trinajstić information content (AvgIpc) is 1.96. The molecule has 0 bridgehead atoms. The van der Waals surface area contributed by atoms with Crippen LogP contribution >= 0.6 is 0 Å². The van der Waals surface area contributed by atoms with E-state index in [4.69, 9.17) is 0 Å². The molecule has 6 heteroatoms. The van der Waals surface area contributed by atoms with Gasteiger partial charge in [-0.3, -0.25) is 9.59 Å². The Morgan fingerprint density at radius 2 is 1.64 bits per heavy atom. The molecule has 0 aliphatic rings. The van der Waals surface area contributed by atoms with Gasteiger partial charge >= 0.3 is 6.18 Å². The third-order valence-corrected chi connectivity index (χ3v) is 1.27. The summed E-state index contributed by atoms with van der Waals surface area (Å²) in [6, 6.07) is 0. The fourth-order valence-corrected chi connectivity index (χ4v) is 0.720. The second-order valence-corrected chi connectivity index (χ2v) is 2.89. The molecule has 14 heavy (non-hydrogen) atoms. The summed E-state index contributed by atoms with van der Waals surface area (Å²) in [6.07, 6.45) is -4.15. The number of Topliss-reactive ketones (excluding diaryl/α,β-unsaturated/α-hetero) is 2. The molecule has 0 saturated heterocycles. The molecule has 0 amide bonds. The summed E-state index contributed by atoms with van der Waals surface area (Å²) < 4.78 is 35.8. The van der Waals surface area contributed by atoms with Gasteiger partial charge < -0.3 is 4.90 Å². The third kappa shape index (κ3) is 3.59. The van der Waals surface area contributed by atoms with Crippen LogP contribution in [0.1, 0.15) is 6.92 Å². The van der Waals surface area contributed by atoms with Crippen molar-refractivity contribution in [2.24, 2.45) is 0 Å². The summed E-state index contributed by atoms with van der Waals surface area (Å²) >= 11 is 0. The number of allylic oxidation sites excluding steroid dienone is 1. The topological polar surface area (TPSA) is 37.4 Å². The highest BCUT2D eigenvalue weighted by Gasteiger charge is 2.42. The lowest BCUT2D eigenvalue weighted by Gasteiger charge is -2.10. The maximum atomic E-state index is 11.9. The minimum absolute atomic E-state index is 0.859. The van der Waals surface area contributed by atoms with Gasteiger partial charge in [-0.2, -0.15) is 13.2 Å². The molecule has 0 N–H and O–H groups in total. The second kappa shape index (κ2) is 4.26. The highest BCUT2D eigenvalue weighted by molar-refractivity contribution is 6.21. The van der Waals surface area contributed by atoms with Gasteiger partial charge in [-0.25, -0.2) is 0 Å². The van der Waals surface area contributed by atoms with Gasteiger partial charge in [0.2, 0.25) is 0 Å². The van der Waals surface area contributed by atoms with Crippen LogP contribution in [-0.4, -0.2) is 36.7 Å². The predicted octanol–water partition coefficient (Wildman–Crippen LogP) is 1.15. The van der Waals surface area contributed by atoms with Gasteiger partial charge in [0.25, 0.3) is 5.78 Å². The minimum Gasteiger partial charge on any atom is -0.383 e. The normalized spacial score (nSPS) is 12.6. The SMILES string of the molecule is CC(=O)/C(=C/N(C)C)C(=O)C(F)(F)F. The van der Waals surface area contributed by atoms with Crippen molar-refractivity contribution in [2.75, 3.05) is 14.1 Å². The van der Waals surface area contributed by atoms with Gasteiger partial charge in [0.1, 0.15) is 0 Å². The van der Waals surface area contributed by atoms with Crippen LogP contribution in [0.2, 0.25) is 0 Å². The van der Waals surface area contributed by atoms with E-state index in [1.54, 1.807) is 0 Å². The first-order valence-corrected chi connectivity index (χ1v) is 3.67. The zero-order valence-corrected chi connectivity index (χ0v) is 7.97. The van der Waals surface area contributed by atoms with Gasteiger partial charge in [0, 0.05) is 20.3 Å². The number of halogens is 3. The molecule has 0 unspecified atom stereocenters. The third-order valence-electron chi connectivity index (χ3n) is 1.27. The summed E-state index contributed by atoms with van der Waals surface area (Å²) in [7, 11) is 2.85. The smallest absolute Gasteiger partial charge is 0.383 e. The largest absolute Gasteiger partial charge is 0.455 e. The molecule has 0 heterocycles. The highest BCUT2D eigenvalue weighted by Crippen LogP contribution is 2.21. The Balaban J connectivity index is 5.06. The summed E-state index contributed by atoms with van der Waals surface area (Å²) in [4.78, 5) is 22.7. The van der Waals surface area contributed by atoms with E-state index in [0.29, 0.717) is 0 Å². The molecule has 0 aromatic heterocycles. The van der Waals surface area contributed by atoms with E-state index in [-0.39, 0.29) is 0 Å². The Bertz CT molecular complexity index is 279. The Hall–Kier alpha value is -1.33. The highest BCUT2D eigenvalue weighted by atomic mass is 19.4. The van der Waals surface area contributed by atoms with Crippen LogP contribution in [0.15, 0.2) is 11.8 Å². The fourth-order valence-electron chi connectivity index (χ4n) is 0.720. The molecule has 0 aromatic rings. The zero-order valence-electron chi connectivity index (χ0n) is 7.97. The Morgan fingerprint density at radius 3 is 1.86 bits per heavy atom. The van der Waals surface area contributed by atoms with Gasteiger partial charge in [0.05, 0.1) is 5.57 Å². The molecule has 0 saturated carbocycles. The summed E-state index contributed by atoms with van der Waals surface area (Å²) in [6.45, 7) is 0.916. The number of carbonyl (C=O) groups excluding carboxylic acids is 2. The van der Waals surface area contributed by atoms with Crippen LogP contribution in [-0.2, 0) is 9.59 Å². The van der Waals surface area contributed by atoms with Crippen molar-refractivity contribution in [1.29, 1.82) is 0 Å². The molecule has 3 nitrogen and oxygen atoms in total. The van der Waals surface area contributed by atoms with E-state index < -0.39 is 23.3 Å². The molecule has 0 spiro atoms. The van der Waals surface area contributed by atoms with E-state index in [1.165, 1.54) is 19.0 Å². The second-order valence-electron chi connectivity index (χ2n) is 2.89. The van der Waals surface area contributed by atoms with Gasteiger partial charge in [0.15, 0.2) is 5.78 Å². The number of hydrogen-bond donors (Lipinski definition) is 0. The minimum atomic E-state index is -5.01. The van der Waals surface area contributed by atoms with Crippen LogP contribution in [0.5, 0.6) is 0 Å². The molecule has 0 rings (SSSR count). The summed E-state index contributed by atoms with van der Waals surface area (Å²) in [5, 5.41) is 0. The van der Waals surface area contributed by atoms with E-state index in [1.807, 2.05) is 0 Å². The first kappa shape index (κ1) is 12.7. The lowest BCUT2D eigenvalue weighted by Crippen LogP contribution is -2.28. The lowest BCUT2D eigenvalue weighted by molar-refractivity contribution is -0.167. The molecular formula is C8H10F3NO2. The predicted molar refractivity (Wildman–Crippen MR) is 43.5 cm³/mol. The Morgan fingerprint density at radius 1 is 1.21 bits per heavy atom. The average molecular weight is 209 g/mol. The first-order valence-electron chi connectivity index (χ1n) is 3.67. The van der Waals surface area contributed by atoms with Crippen molar-refractivity contribution in [3.8, 4) is 0 Å². The van der Waals surface area contributed by atoms with E-state index in [2.05, 4.69) is 0 Å². The molecular weight excluding hydrogens is 199 g/mol. The molecule has 0 fully saturated rings. The van der Waals surface area contributed by atoms with Crippen molar-refractivity contribution in [3.63, 3.8) is 0 Å². The molecule has 0 aliphatic heterocycles. The molecule has 0 radical (unpaired) electrons. The van der Waals surface area contributed by atoms with Crippen LogP contribution in [0.25, 0.3) is 0 Å². The summed E-state index contributed by atoms with van der Waals surface area (Å²) in [5.74, 6) is -3.01. The number of carbonyl (C=O) groups is 2. The number of alkyl halides is 3. The van der Waals surface area contributed by atoms with Crippen LogP contribution in [0, 0.1) is 0 Å². The molecule has 0 aliphatic carbocycles. The molecule has 0 atom stereocenters. The fraction of sp³-hybridized carbons (Fsp3) is 0.500. The van der Waals surface area contributed by atoms with Crippen molar-refractivity contribution in [1.82, 2.24) is 4.90 Å². The van der Waals surface area contributed by atoms with Crippen molar-refractivity contribution < 1.29 is 22.8 Å². The van der Waals surface area contributed by atoms with Gasteiger partial charge in [-0.1, -0.05) is 0 Å². The Labute approximate surface area is 79.2 Å². The van der Waals surface area contributed by atoms with Crippen LogP contribution < -0.4 is 0 Å². The number of ketones is 2. The van der Waals surface area contributed by atoms with Crippen molar-refractivity contribution in [2.45, 2.75) is 13.1 Å². The van der Waals surface area contributed by atoms with Crippen molar-refractivity contribution in [3.05, 3.63) is 11.8 Å².